The quantitative estimate of drug-likeness (QED) is 0.647. The summed E-state index contributed by atoms with van der Waals surface area (Å²) in [5.74, 6) is -0.0379. The molecule has 3 nitrogen and oxygen atoms in total. The number of nitrogens with two attached hydrogens (primary N) is 1. The molecule has 0 atom stereocenters. The van der Waals surface area contributed by atoms with Gasteiger partial charge in [-0.1, -0.05) is 13.8 Å². The molecule has 1 heterocycles. The molecule has 1 aliphatic heterocycles. The molecule has 1 rings (SSSR count). The second-order valence-corrected chi connectivity index (χ2v) is 3.70. The average molecular weight is 174 g/mol. The van der Waals surface area contributed by atoms with E-state index in [0.29, 0.717) is 0 Å². The zero-order valence-electron chi connectivity index (χ0n) is 7.51. The molecule has 0 saturated carbocycles. The molecule has 0 aliphatic carbocycles. The lowest BCUT2D eigenvalue weighted by atomic mass is 9.95. The Morgan fingerprint density at radius 1 is 1.67 bits per heavy atom. The first-order valence-corrected chi connectivity index (χ1v) is 4.16. The lowest BCUT2D eigenvalue weighted by Crippen LogP contribution is -2.64. The first-order chi connectivity index (χ1) is 5.48. The number of halogens is 1. The van der Waals surface area contributed by atoms with Gasteiger partial charge in [-0.15, -0.1) is 0 Å². The Labute approximate surface area is 71.7 Å². The summed E-state index contributed by atoms with van der Waals surface area (Å²) in [7, 11) is 0. The number of carbonyl (C=O) groups excluding carboxylic acids is 1. The largest absolute Gasteiger partial charge is 0.336 e. The Morgan fingerprint density at radius 2 is 2.17 bits per heavy atom. The van der Waals surface area contributed by atoms with Gasteiger partial charge in [0.2, 0.25) is 5.91 Å². The Kier molecular flexibility index (Phi) is 2.37. The first kappa shape index (κ1) is 9.45. The van der Waals surface area contributed by atoms with Crippen LogP contribution in [0.3, 0.4) is 0 Å². The molecule has 0 unspecified atom stereocenters. The van der Waals surface area contributed by atoms with Crippen LogP contribution in [0, 0.1) is 5.92 Å². The van der Waals surface area contributed by atoms with E-state index in [9.17, 15) is 9.18 Å². The van der Waals surface area contributed by atoms with Crippen LogP contribution in [0.1, 0.15) is 13.8 Å². The zero-order chi connectivity index (χ0) is 9.35. The highest BCUT2D eigenvalue weighted by molar-refractivity contribution is 5.79. The van der Waals surface area contributed by atoms with Crippen molar-refractivity contribution in [1.82, 2.24) is 4.90 Å². The molecular formula is C8H15FN2O. The van der Waals surface area contributed by atoms with E-state index in [-0.39, 0.29) is 31.5 Å². The molecule has 0 aromatic carbocycles. The Balaban J connectivity index is 2.39. The molecule has 1 saturated heterocycles. The number of carbonyl (C=O) groups is 1. The topological polar surface area (TPSA) is 46.3 Å². The highest BCUT2D eigenvalue weighted by Gasteiger charge is 2.44. The van der Waals surface area contributed by atoms with Gasteiger partial charge in [0.15, 0.2) is 5.67 Å². The number of rotatable bonds is 2. The number of nitrogens with zero attached hydrogens (tertiary/aromatic N) is 1. The van der Waals surface area contributed by atoms with Crippen molar-refractivity contribution < 1.29 is 9.18 Å². The van der Waals surface area contributed by atoms with Crippen LogP contribution in [-0.4, -0.2) is 36.1 Å². The molecule has 0 aromatic heterocycles. The third-order valence-corrected chi connectivity index (χ3v) is 2.12. The maximum absolute atomic E-state index is 13.2. The van der Waals surface area contributed by atoms with Crippen molar-refractivity contribution in [3.63, 3.8) is 0 Å². The number of alkyl halides is 1. The van der Waals surface area contributed by atoms with Crippen molar-refractivity contribution in [2.45, 2.75) is 19.5 Å². The van der Waals surface area contributed by atoms with Gasteiger partial charge < -0.3 is 10.6 Å². The van der Waals surface area contributed by atoms with Crippen molar-refractivity contribution >= 4 is 5.91 Å². The molecule has 12 heavy (non-hydrogen) atoms. The average Bonchev–Trinajstić information content (AvgIpc) is 1.97. The zero-order valence-corrected chi connectivity index (χ0v) is 7.51. The van der Waals surface area contributed by atoms with Crippen molar-refractivity contribution in [2.24, 2.45) is 11.7 Å². The molecule has 1 amide bonds. The van der Waals surface area contributed by atoms with Crippen molar-refractivity contribution in [3.8, 4) is 0 Å². The van der Waals surface area contributed by atoms with E-state index in [0.717, 1.165) is 0 Å². The number of likely N-dealkylation sites (tertiary alicyclic amines) is 1. The van der Waals surface area contributed by atoms with Crippen molar-refractivity contribution in [3.05, 3.63) is 0 Å². The summed E-state index contributed by atoms with van der Waals surface area (Å²) in [6.45, 7) is 3.96. The smallest absolute Gasteiger partial charge is 0.225 e. The fraction of sp³-hybridized carbons (Fsp3) is 0.875. The lowest BCUT2D eigenvalue weighted by molar-refractivity contribution is -0.148. The van der Waals surface area contributed by atoms with Crippen LogP contribution >= 0.6 is 0 Å². The SMILES string of the molecule is CC(C)C(=O)N1CC(F)(CN)C1. The van der Waals surface area contributed by atoms with Gasteiger partial charge in [0.05, 0.1) is 13.1 Å². The van der Waals surface area contributed by atoms with E-state index in [1.165, 1.54) is 4.90 Å². The van der Waals surface area contributed by atoms with Crippen LogP contribution in [0.5, 0.6) is 0 Å². The molecule has 4 heteroatoms. The fourth-order valence-electron chi connectivity index (χ4n) is 1.29. The van der Waals surface area contributed by atoms with Gasteiger partial charge in [0.1, 0.15) is 0 Å². The monoisotopic (exact) mass is 174 g/mol. The van der Waals surface area contributed by atoms with Crippen molar-refractivity contribution in [2.75, 3.05) is 19.6 Å². The van der Waals surface area contributed by atoms with Gasteiger partial charge in [0, 0.05) is 12.5 Å². The van der Waals surface area contributed by atoms with Gasteiger partial charge in [-0.2, -0.15) is 0 Å². The molecule has 0 radical (unpaired) electrons. The van der Waals surface area contributed by atoms with E-state index in [1.54, 1.807) is 0 Å². The predicted molar refractivity (Wildman–Crippen MR) is 44.3 cm³/mol. The third-order valence-electron chi connectivity index (χ3n) is 2.12. The number of amides is 1. The van der Waals surface area contributed by atoms with Crippen LogP contribution in [0.15, 0.2) is 0 Å². The minimum absolute atomic E-state index is 0.00880. The molecule has 0 bridgehead atoms. The van der Waals surface area contributed by atoms with Crippen LogP contribution in [0.25, 0.3) is 0 Å². The molecule has 70 valence electrons. The molecule has 1 fully saturated rings. The molecule has 1 aliphatic rings. The summed E-state index contributed by atoms with van der Waals surface area (Å²) in [5.41, 5.74) is 3.88. The Hall–Kier alpha value is -0.640. The van der Waals surface area contributed by atoms with Crippen molar-refractivity contribution in [1.29, 1.82) is 0 Å². The Bertz CT molecular complexity index is 187. The van der Waals surface area contributed by atoms with Gasteiger partial charge in [-0.3, -0.25) is 4.79 Å². The maximum Gasteiger partial charge on any atom is 0.225 e. The normalized spacial score (nSPS) is 20.9. The van der Waals surface area contributed by atoms with E-state index in [1.807, 2.05) is 13.8 Å². The van der Waals surface area contributed by atoms with Gasteiger partial charge >= 0.3 is 0 Å². The van der Waals surface area contributed by atoms with Crippen LogP contribution in [-0.2, 0) is 4.79 Å². The highest BCUT2D eigenvalue weighted by Crippen LogP contribution is 2.25. The maximum atomic E-state index is 13.2. The number of hydrogen-bond acceptors (Lipinski definition) is 2. The second-order valence-electron chi connectivity index (χ2n) is 3.70. The van der Waals surface area contributed by atoms with E-state index < -0.39 is 5.67 Å². The Morgan fingerprint density at radius 3 is 2.50 bits per heavy atom. The van der Waals surface area contributed by atoms with Crippen LogP contribution < -0.4 is 5.73 Å². The third kappa shape index (κ3) is 1.58. The standard InChI is InChI=1S/C8H15FN2O/c1-6(2)7(12)11-4-8(9,3-10)5-11/h6H,3-5,10H2,1-2H3. The molecule has 0 spiro atoms. The number of hydrogen-bond donors (Lipinski definition) is 1. The predicted octanol–water partition coefficient (Wildman–Crippen LogP) is 0.152. The molecule has 2 N–H and O–H groups in total. The van der Waals surface area contributed by atoms with E-state index in [2.05, 4.69) is 0 Å². The summed E-state index contributed by atoms with van der Waals surface area (Å²) in [6, 6.07) is 0. The second kappa shape index (κ2) is 3.01. The molecule has 0 aromatic rings. The first-order valence-electron chi connectivity index (χ1n) is 4.16. The van der Waals surface area contributed by atoms with Gasteiger partial charge in [-0.05, 0) is 0 Å². The minimum atomic E-state index is -1.31. The lowest BCUT2D eigenvalue weighted by Gasteiger charge is -2.44. The molecular weight excluding hydrogens is 159 g/mol. The summed E-state index contributed by atoms with van der Waals surface area (Å²) in [5, 5.41) is 0. The van der Waals surface area contributed by atoms with Gasteiger partial charge in [0.25, 0.3) is 0 Å². The van der Waals surface area contributed by atoms with Crippen LogP contribution in [0.2, 0.25) is 0 Å². The summed E-state index contributed by atoms with van der Waals surface area (Å²) in [4.78, 5) is 12.8. The highest BCUT2D eigenvalue weighted by atomic mass is 19.1. The van der Waals surface area contributed by atoms with Crippen LogP contribution in [0.4, 0.5) is 4.39 Å². The van der Waals surface area contributed by atoms with E-state index >= 15 is 0 Å². The summed E-state index contributed by atoms with van der Waals surface area (Å²) in [6.07, 6.45) is 0. The summed E-state index contributed by atoms with van der Waals surface area (Å²) >= 11 is 0. The fourth-order valence-corrected chi connectivity index (χ4v) is 1.29. The minimum Gasteiger partial charge on any atom is -0.336 e. The summed E-state index contributed by atoms with van der Waals surface area (Å²) < 4.78 is 13.2. The van der Waals surface area contributed by atoms with E-state index in [4.69, 9.17) is 5.73 Å². The van der Waals surface area contributed by atoms with Gasteiger partial charge in [-0.25, -0.2) is 4.39 Å².